The lowest BCUT2D eigenvalue weighted by molar-refractivity contribution is 0.0720. The van der Waals surface area contributed by atoms with Crippen molar-refractivity contribution in [1.29, 1.82) is 0 Å². The normalized spacial score (nSPS) is 10.5. The Labute approximate surface area is 120 Å². The Bertz CT molecular complexity index is 603. The second-order valence-corrected chi connectivity index (χ2v) is 5.06. The quantitative estimate of drug-likeness (QED) is 0.641. The molecule has 0 bridgehead atoms. The van der Waals surface area contributed by atoms with Crippen molar-refractivity contribution in [2.45, 2.75) is 27.3 Å². The fraction of sp³-hybridized carbons (Fsp3) is 0.286. The van der Waals surface area contributed by atoms with E-state index in [9.17, 15) is 4.79 Å². The molecule has 0 aliphatic rings. The summed E-state index contributed by atoms with van der Waals surface area (Å²) in [5, 5.41) is 4.27. The fourth-order valence-electron chi connectivity index (χ4n) is 1.75. The molecule has 1 heterocycles. The smallest absolute Gasteiger partial charge is 0.363 e. The summed E-state index contributed by atoms with van der Waals surface area (Å²) < 4.78 is 7.68. The number of halogens is 1. The van der Waals surface area contributed by atoms with Gasteiger partial charge in [-0.15, -0.1) is 0 Å². The van der Waals surface area contributed by atoms with Gasteiger partial charge >= 0.3 is 5.97 Å². The second-order valence-electron chi connectivity index (χ2n) is 4.27. The van der Waals surface area contributed by atoms with Crippen molar-refractivity contribution in [3.05, 3.63) is 45.7 Å². The Hall–Kier alpha value is -1.62. The van der Waals surface area contributed by atoms with Crippen LogP contribution in [0, 0.1) is 13.8 Å². The first-order valence-electron chi connectivity index (χ1n) is 6.04. The summed E-state index contributed by atoms with van der Waals surface area (Å²) in [4.78, 5) is 12.2. The van der Waals surface area contributed by atoms with Gasteiger partial charge in [-0.3, -0.25) is 4.68 Å². The Morgan fingerprint density at radius 3 is 2.53 bits per heavy atom. The van der Waals surface area contributed by atoms with Crippen molar-refractivity contribution in [2.75, 3.05) is 0 Å². The zero-order valence-electron chi connectivity index (χ0n) is 11.1. The van der Waals surface area contributed by atoms with Crippen LogP contribution in [0.5, 0.6) is 5.75 Å². The summed E-state index contributed by atoms with van der Waals surface area (Å²) in [6.45, 7) is 6.38. The summed E-state index contributed by atoms with van der Waals surface area (Å²) in [5.41, 5.74) is 2.34. The molecule has 5 heteroatoms. The van der Waals surface area contributed by atoms with Crippen molar-refractivity contribution < 1.29 is 9.53 Å². The minimum absolute atomic E-state index is 0.404. The molecule has 1 aromatic heterocycles. The highest BCUT2D eigenvalue weighted by molar-refractivity contribution is 9.10. The summed E-state index contributed by atoms with van der Waals surface area (Å²) in [6, 6.07) is 7.36. The largest absolute Gasteiger partial charge is 0.422 e. The number of nitrogens with zero attached hydrogens (tertiary/aromatic N) is 2. The van der Waals surface area contributed by atoms with Crippen LogP contribution in [0.4, 0.5) is 0 Å². The molecule has 0 unspecified atom stereocenters. The van der Waals surface area contributed by atoms with E-state index >= 15 is 0 Å². The number of esters is 1. The van der Waals surface area contributed by atoms with Crippen LogP contribution < -0.4 is 4.74 Å². The van der Waals surface area contributed by atoms with Crippen LogP contribution in [-0.2, 0) is 6.54 Å². The number of hydrogen-bond acceptors (Lipinski definition) is 3. The van der Waals surface area contributed by atoms with Crippen LogP contribution in [0.1, 0.15) is 28.7 Å². The lowest BCUT2D eigenvalue weighted by Gasteiger charge is -2.06. The Morgan fingerprint density at radius 1 is 1.32 bits per heavy atom. The molecule has 4 nitrogen and oxygen atoms in total. The predicted molar refractivity (Wildman–Crippen MR) is 76.5 cm³/mol. The fourth-order valence-corrected chi connectivity index (χ4v) is 2.19. The number of ether oxygens (including phenoxy) is 1. The highest BCUT2D eigenvalue weighted by atomic mass is 79.9. The number of rotatable bonds is 3. The van der Waals surface area contributed by atoms with E-state index < -0.39 is 5.97 Å². The molecule has 0 radical (unpaired) electrons. The lowest BCUT2D eigenvalue weighted by Crippen LogP contribution is -2.15. The molecule has 1 aromatic carbocycles. The molecule has 2 rings (SSSR count). The van der Waals surface area contributed by atoms with Crippen LogP contribution in [0.25, 0.3) is 0 Å². The molecule has 0 saturated heterocycles. The maximum Gasteiger partial charge on any atom is 0.363 e. The van der Waals surface area contributed by atoms with E-state index in [0.717, 1.165) is 11.3 Å². The van der Waals surface area contributed by atoms with Gasteiger partial charge in [0.05, 0.1) is 10.2 Å². The van der Waals surface area contributed by atoms with Gasteiger partial charge in [0.25, 0.3) is 0 Å². The standard InChI is InChI=1S/C14H15BrN2O2/c1-4-17-13(12(15)10(3)16-17)14(18)19-11-7-5-9(2)6-8-11/h5-8H,4H2,1-3H3. The van der Waals surface area contributed by atoms with Crippen molar-refractivity contribution in [3.63, 3.8) is 0 Å². The van der Waals surface area contributed by atoms with E-state index in [2.05, 4.69) is 21.0 Å². The zero-order chi connectivity index (χ0) is 14.0. The van der Waals surface area contributed by atoms with Crippen molar-refractivity contribution >= 4 is 21.9 Å². The van der Waals surface area contributed by atoms with Crippen molar-refractivity contribution in [2.24, 2.45) is 0 Å². The molecular weight excluding hydrogens is 308 g/mol. The van der Waals surface area contributed by atoms with Crippen LogP contribution in [0.2, 0.25) is 0 Å². The van der Waals surface area contributed by atoms with Gasteiger partial charge in [0.1, 0.15) is 5.75 Å². The summed E-state index contributed by atoms with van der Waals surface area (Å²) in [5.74, 6) is 0.127. The molecule has 0 aliphatic carbocycles. The molecule has 0 saturated carbocycles. The van der Waals surface area contributed by atoms with Gasteiger partial charge in [0, 0.05) is 6.54 Å². The Morgan fingerprint density at radius 2 is 1.95 bits per heavy atom. The second kappa shape index (κ2) is 5.57. The number of aryl methyl sites for hydroxylation is 3. The number of carbonyl (C=O) groups is 1. The van der Waals surface area contributed by atoms with Crippen molar-refractivity contribution in [1.82, 2.24) is 9.78 Å². The summed E-state index contributed by atoms with van der Waals surface area (Å²) in [7, 11) is 0. The molecule has 0 fully saturated rings. The van der Waals surface area contributed by atoms with E-state index in [1.54, 1.807) is 16.8 Å². The van der Waals surface area contributed by atoms with E-state index in [1.165, 1.54) is 0 Å². The summed E-state index contributed by atoms with van der Waals surface area (Å²) in [6.07, 6.45) is 0. The van der Waals surface area contributed by atoms with E-state index in [1.807, 2.05) is 32.9 Å². The molecule has 0 amide bonds. The molecule has 0 aliphatic heterocycles. The third kappa shape index (κ3) is 2.87. The first-order valence-corrected chi connectivity index (χ1v) is 6.84. The van der Waals surface area contributed by atoms with Crippen LogP contribution in [0.15, 0.2) is 28.7 Å². The molecule has 19 heavy (non-hydrogen) atoms. The average Bonchev–Trinajstić information content (AvgIpc) is 2.68. The number of benzene rings is 1. The maximum atomic E-state index is 12.2. The van der Waals surface area contributed by atoms with Crippen LogP contribution in [0.3, 0.4) is 0 Å². The third-order valence-electron chi connectivity index (χ3n) is 2.78. The van der Waals surface area contributed by atoms with Gasteiger partial charge in [0.15, 0.2) is 5.69 Å². The SMILES string of the molecule is CCn1nc(C)c(Br)c1C(=O)Oc1ccc(C)cc1. The lowest BCUT2D eigenvalue weighted by atomic mass is 10.2. The molecule has 0 N–H and O–H groups in total. The Kier molecular flexibility index (Phi) is 4.04. The molecule has 2 aromatic rings. The summed E-state index contributed by atoms with van der Waals surface area (Å²) >= 11 is 3.38. The molecule has 0 spiro atoms. The van der Waals surface area contributed by atoms with Crippen molar-refractivity contribution in [3.8, 4) is 5.75 Å². The predicted octanol–water partition coefficient (Wildman–Crippen LogP) is 3.50. The first kappa shape index (κ1) is 13.8. The molecule has 0 atom stereocenters. The average molecular weight is 323 g/mol. The van der Waals surface area contributed by atoms with Gasteiger partial charge < -0.3 is 4.74 Å². The van der Waals surface area contributed by atoms with E-state index in [-0.39, 0.29) is 0 Å². The minimum atomic E-state index is -0.404. The number of carbonyl (C=O) groups excluding carboxylic acids is 1. The van der Waals surface area contributed by atoms with Gasteiger partial charge in [0.2, 0.25) is 0 Å². The molecular formula is C14H15BrN2O2. The minimum Gasteiger partial charge on any atom is -0.422 e. The highest BCUT2D eigenvalue weighted by Crippen LogP contribution is 2.23. The highest BCUT2D eigenvalue weighted by Gasteiger charge is 2.21. The number of hydrogen-bond donors (Lipinski definition) is 0. The molecule has 100 valence electrons. The van der Waals surface area contributed by atoms with E-state index in [0.29, 0.717) is 22.5 Å². The third-order valence-corrected chi connectivity index (χ3v) is 3.73. The number of aromatic nitrogens is 2. The van der Waals surface area contributed by atoms with Crippen LogP contribution in [-0.4, -0.2) is 15.7 Å². The van der Waals surface area contributed by atoms with Gasteiger partial charge in [-0.05, 0) is 48.8 Å². The van der Waals surface area contributed by atoms with Gasteiger partial charge in [-0.2, -0.15) is 5.10 Å². The van der Waals surface area contributed by atoms with Gasteiger partial charge in [-0.1, -0.05) is 17.7 Å². The van der Waals surface area contributed by atoms with Gasteiger partial charge in [-0.25, -0.2) is 4.79 Å². The van der Waals surface area contributed by atoms with E-state index in [4.69, 9.17) is 4.74 Å². The first-order chi connectivity index (χ1) is 9.02. The van der Waals surface area contributed by atoms with Crippen LogP contribution >= 0.6 is 15.9 Å². The maximum absolute atomic E-state index is 12.2. The zero-order valence-corrected chi connectivity index (χ0v) is 12.7. The topological polar surface area (TPSA) is 44.1 Å². The monoisotopic (exact) mass is 322 g/mol. The Balaban J connectivity index is 2.27.